The average molecular weight is 370 g/mol. The molecule has 140 valence electrons. The van der Waals surface area contributed by atoms with Crippen LogP contribution < -0.4 is 10.1 Å². The average Bonchev–Trinajstić information content (AvgIpc) is 2.73. The Balaban J connectivity index is 1.83. The number of para-hydroxylation sites is 1. The zero-order valence-electron chi connectivity index (χ0n) is 16.0. The van der Waals surface area contributed by atoms with Crippen LogP contribution in [-0.2, 0) is 4.79 Å². The molecule has 1 aliphatic heterocycles. The Hall–Kier alpha value is -3.32. The number of hydrogen-bond acceptors (Lipinski definition) is 4. The van der Waals surface area contributed by atoms with Crippen molar-refractivity contribution >= 4 is 5.78 Å². The van der Waals surface area contributed by atoms with Gasteiger partial charge in [-0.05, 0) is 30.9 Å². The number of carbonyl (C=O) groups is 1. The molecule has 0 fully saturated rings. The van der Waals surface area contributed by atoms with Crippen LogP contribution in [0.1, 0.15) is 42.7 Å². The quantitative estimate of drug-likeness (QED) is 0.859. The van der Waals surface area contributed by atoms with Crippen LogP contribution in [0.15, 0.2) is 77.1 Å². The molecule has 2 aromatic carbocycles. The van der Waals surface area contributed by atoms with E-state index in [0.29, 0.717) is 23.3 Å². The normalized spacial score (nSPS) is 21.7. The second kappa shape index (κ2) is 7.36. The number of hydrogen-bond donors (Lipinski definition) is 1. The van der Waals surface area contributed by atoms with Crippen LogP contribution in [-0.4, -0.2) is 12.9 Å². The lowest BCUT2D eigenvalue weighted by Gasteiger charge is -2.36. The minimum absolute atomic E-state index is 0.0961. The molecule has 0 radical (unpaired) electrons. The van der Waals surface area contributed by atoms with E-state index in [1.165, 1.54) is 5.56 Å². The SMILES string of the molecule is COc1ccccc1[C@@H]1C(C#N)=C(C)NC2=C1C(=O)C[C@@H](c1ccccc1)C2. The highest BCUT2D eigenvalue weighted by Crippen LogP contribution is 2.47. The van der Waals surface area contributed by atoms with Crippen LogP contribution in [0.2, 0.25) is 0 Å². The van der Waals surface area contributed by atoms with Crippen molar-refractivity contribution in [3.63, 3.8) is 0 Å². The van der Waals surface area contributed by atoms with Crippen molar-refractivity contribution in [2.24, 2.45) is 0 Å². The third kappa shape index (κ3) is 2.99. The zero-order chi connectivity index (χ0) is 19.7. The lowest BCUT2D eigenvalue weighted by atomic mass is 9.72. The summed E-state index contributed by atoms with van der Waals surface area (Å²) in [7, 11) is 1.62. The Bertz CT molecular complexity index is 1030. The summed E-state index contributed by atoms with van der Waals surface area (Å²) in [5.74, 6) is 0.551. The number of rotatable bonds is 3. The topological polar surface area (TPSA) is 62.1 Å². The fourth-order valence-electron chi connectivity index (χ4n) is 4.36. The number of carbonyl (C=O) groups excluding carboxylic acids is 1. The molecule has 4 nitrogen and oxygen atoms in total. The lowest BCUT2D eigenvalue weighted by Crippen LogP contribution is -2.33. The number of Topliss-reactive ketones (excluding diaryl/α,β-unsaturated/α-hetero) is 1. The van der Waals surface area contributed by atoms with Gasteiger partial charge in [-0.25, -0.2) is 0 Å². The Morgan fingerprint density at radius 3 is 2.50 bits per heavy atom. The summed E-state index contributed by atoms with van der Waals surface area (Å²) >= 11 is 0. The van der Waals surface area contributed by atoms with Crippen molar-refractivity contribution < 1.29 is 9.53 Å². The number of nitrogens with one attached hydrogen (secondary N) is 1. The van der Waals surface area contributed by atoms with E-state index < -0.39 is 0 Å². The second-order valence-electron chi connectivity index (χ2n) is 7.28. The molecule has 0 saturated heterocycles. The van der Waals surface area contributed by atoms with Crippen molar-refractivity contribution in [2.45, 2.75) is 31.6 Å². The first-order valence-electron chi connectivity index (χ1n) is 9.46. The van der Waals surface area contributed by atoms with Gasteiger partial charge in [0.15, 0.2) is 5.78 Å². The molecule has 0 aromatic heterocycles. The van der Waals surface area contributed by atoms with Crippen molar-refractivity contribution in [3.8, 4) is 11.8 Å². The minimum Gasteiger partial charge on any atom is -0.496 e. The van der Waals surface area contributed by atoms with E-state index in [0.717, 1.165) is 23.4 Å². The maximum atomic E-state index is 13.3. The van der Waals surface area contributed by atoms with Gasteiger partial charge in [0.25, 0.3) is 0 Å². The minimum atomic E-state index is -0.387. The van der Waals surface area contributed by atoms with Crippen molar-refractivity contribution in [2.75, 3.05) is 7.11 Å². The van der Waals surface area contributed by atoms with Crippen LogP contribution in [0.3, 0.4) is 0 Å². The third-order valence-electron chi connectivity index (χ3n) is 5.67. The Morgan fingerprint density at radius 2 is 1.79 bits per heavy atom. The summed E-state index contributed by atoms with van der Waals surface area (Å²) < 4.78 is 5.55. The molecule has 4 heteroatoms. The molecule has 1 N–H and O–H groups in total. The van der Waals surface area contributed by atoms with Gasteiger partial charge in [0.2, 0.25) is 0 Å². The molecule has 0 unspecified atom stereocenters. The summed E-state index contributed by atoms with van der Waals surface area (Å²) in [6.45, 7) is 1.90. The number of dihydropyridines is 1. The van der Waals surface area contributed by atoms with Gasteiger partial charge in [-0.3, -0.25) is 4.79 Å². The number of ether oxygens (including phenoxy) is 1. The molecule has 2 aromatic rings. The van der Waals surface area contributed by atoms with Crippen LogP contribution in [0.25, 0.3) is 0 Å². The second-order valence-corrected chi connectivity index (χ2v) is 7.28. The molecule has 0 bridgehead atoms. The number of methoxy groups -OCH3 is 1. The highest BCUT2D eigenvalue weighted by Gasteiger charge is 2.39. The van der Waals surface area contributed by atoms with Gasteiger partial charge in [-0.1, -0.05) is 48.5 Å². The number of nitrogens with zero attached hydrogens (tertiary/aromatic N) is 1. The first-order chi connectivity index (χ1) is 13.6. The number of allylic oxidation sites excluding steroid dienone is 4. The van der Waals surface area contributed by atoms with Gasteiger partial charge in [0.1, 0.15) is 5.75 Å². The largest absolute Gasteiger partial charge is 0.496 e. The van der Waals surface area contributed by atoms with Gasteiger partial charge >= 0.3 is 0 Å². The number of benzene rings is 2. The summed E-state index contributed by atoms with van der Waals surface area (Å²) in [5, 5.41) is 13.2. The van der Waals surface area contributed by atoms with E-state index >= 15 is 0 Å². The Kier molecular flexibility index (Phi) is 4.75. The van der Waals surface area contributed by atoms with Crippen LogP contribution in [0.5, 0.6) is 5.75 Å². The van der Waals surface area contributed by atoms with Crippen LogP contribution in [0.4, 0.5) is 0 Å². The predicted octanol–water partition coefficient (Wildman–Crippen LogP) is 4.58. The maximum Gasteiger partial charge on any atom is 0.162 e. The van der Waals surface area contributed by atoms with Crippen molar-refractivity contribution in [1.82, 2.24) is 5.32 Å². The number of ketones is 1. The van der Waals surface area contributed by atoms with E-state index in [9.17, 15) is 10.1 Å². The molecule has 4 rings (SSSR count). The predicted molar refractivity (Wildman–Crippen MR) is 108 cm³/mol. The molecule has 1 heterocycles. The monoisotopic (exact) mass is 370 g/mol. The van der Waals surface area contributed by atoms with Gasteiger partial charge < -0.3 is 10.1 Å². The Labute approximate surface area is 165 Å². The van der Waals surface area contributed by atoms with Gasteiger partial charge in [0, 0.05) is 29.0 Å². The summed E-state index contributed by atoms with van der Waals surface area (Å²) in [6.07, 6.45) is 1.21. The lowest BCUT2D eigenvalue weighted by molar-refractivity contribution is -0.116. The molecule has 0 saturated carbocycles. The molecule has 1 aliphatic carbocycles. The summed E-state index contributed by atoms with van der Waals surface area (Å²) in [6, 6.07) is 20.1. The van der Waals surface area contributed by atoms with Gasteiger partial charge in [-0.15, -0.1) is 0 Å². The van der Waals surface area contributed by atoms with Gasteiger partial charge in [-0.2, -0.15) is 5.26 Å². The highest BCUT2D eigenvalue weighted by molar-refractivity contribution is 6.00. The van der Waals surface area contributed by atoms with Gasteiger partial charge in [0.05, 0.1) is 24.7 Å². The number of nitriles is 1. The molecule has 0 spiro atoms. The van der Waals surface area contributed by atoms with E-state index in [2.05, 4.69) is 23.5 Å². The van der Waals surface area contributed by atoms with E-state index in [1.807, 2.05) is 49.4 Å². The van der Waals surface area contributed by atoms with Crippen molar-refractivity contribution in [3.05, 3.63) is 88.3 Å². The first-order valence-corrected chi connectivity index (χ1v) is 9.46. The maximum absolute atomic E-state index is 13.3. The fourth-order valence-corrected chi connectivity index (χ4v) is 4.36. The van der Waals surface area contributed by atoms with Crippen LogP contribution >= 0.6 is 0 Å². The van der Waals surface area contributed by atoms with E-state index in [4.69, 9.17) is 4.74 Å². The molecule has 2 atom stereocenters. The molecular formula is C24H22N2O2. The summed E-state index contributed by atoms with van der Waals surface area (Å²) in [4.78, 5) is 13.3. The van der Waals surface area contributed by atoms with Crippen molar-refractivity contribution in [1.29, 1.82) is 5.26 Å². The molecular weight excluding hydrogens is 348 g/mol. The van der Waals surface area contributed by atoms with Crippen LogP contribution in [0, 0.1) is 11.3 Å². The molecule has 0 amide bonds. The summed E-state index contributed by atoms with van der Waals surface area (Å²) in [5.41, 5.74) is 5.05. The third-order valence-corrected chi connectivity index (χ3v) is 5.67. The molecule has 28 heavy (non-hydrogen) atoms. The molecule has 2 aliphatic rings. The highest BCUT2D eigenvalue weighted by atomic mass is 16.5. The smallest absolute Gasteiger partial charge is 0.162 e. The van der Waals surface area contributed by atoms with E-state index in [1.54, 1.807) is 7.11 Å². The fraction of sp³-hybridized carbons (Fsp3) is 0.250. The van der Waals surface area contributed by atoms with E-state index in [-0.39, 0.29) is 17.6 Å². The first kappa shape index (κ1) is 18.1. The Morgan fingerprint density at radius 1 is 1.07 bits per heavy atom. The zero-order valence-corrected chi connectivity index (χ0v) is 16.0. The standard InChI is InChI=1S/C24H22N2O2/c1-15-19(14-25)23(18-10-6-7-11-22(18)28-2)24-20(26-15)12-17(13-21(24)27)16-8-4-3-5-9-16/h3-11,17,23,26H,12-13H2,1-2H3/t17-,23+/m0/s1.